The lowest BCUT2D eigenvalue weighted by atomic mass is 10.1. The second-order valence-electron chi connectivity index (χ2n) is 5.90. The smallest absolute Gasteiger partial charge is 0.303 e. The van der Waals surface area contributed by atoms with Crippen molar-refractivity contribution in [3.63, 3.8) is 0 Å². The molecule has 23 heavy (non-hydrogen) atoms. The van der Waals surface area contributed by atoms with Crippen LogP contribution in [0.5, 0.6) is 0 Å². The van der Waals surface area contributed by atoms with Crippen LogP contribution in [0.25, 0.3) is 0 Å². The number of hydrogen-bond donors (Lipinski definition) is 2. The van der Waals surface area contributed by atoms with Gasteiger partial charge in [-0.1, -0.05) is 62.6 Å². The number of carbonyl (C=O) groups is 1. The Labute approximate surface area is 141 Å². The summed E-state index contributed by atoms with van der Waals surface area (Å²) in [6.45, 7) is 2.18. The fourth-order valence-corrected chi connectivity index (χ4v) is 2.21. The SMILES string of the molecule is CCCCC[C@H](O)CC/C=C\C/C=C\C/C=C\CCCC(=O)O. The highest BCUT2D eigenvalue weighted by Gasteiger charge is 2.01. The van der Waals surface area contributed by atoms with Gasteiger partial charge in [0.1, 0.15) is 0 Å². The van der Waals surface area contributed by atoms with Gasteiger partial charge in [-0.15, -0.1) is 0 Å². The van der Waals surface area contributed by atoms with E-state index in [0.717, 1.165) is 44.9 Å². The minimum absolute atomic E-state index is 0.145. The Morgan fingerprint density at radius 2 is 1.48 bits per heavy atom. The van der Waals surface area contributed by atoms with Gasteiger partial charge < -0.3 is 10.2 Å². The second kappa shape index (κ2) is 17.0. The minimum Gasteiger partial charge on any atom is -0.481 e. The number of aliphatic hydroxyl groups is 1. The van der Waals surface area contributed by atoms with Gasteiger partial charge in [-0.05, 0) is 44.9 Å². The summed E-state index contributed by atoms with van der Waals surface area (Å²) in [6, 6.07) is 0. The Morgan fingerprint density at radius 3 is 2.09 bits per heavy atom. The monoisotopic (exact) mass is 322 g/mol. The first-order valence-corrected chi connectivity index (χ1v) is 9.01. The molecule has 0 unspecified atom stereocenters. The zero-order valence-electron chi connectivity index (χ0n) is 14.6. The quantitative estimate of drug-likeness (QED) is 0.313. The van der Waals surface area contributed by atoms with Crippen molar-refractivity contribution in [2.24, 2.45) is 0 Å². The maximum atomic E-state index is 10.3. The van der Waals surface area contributed by atoms with E-state index in [-0.39, 0.29) is 12.5 Å². The van der Waals surface area contributed by atoms with Crippen LogP contribution in [0.4, 0.5) is 0 Å². The molecule has 0 aromatic rings. The average Bonchev–Trinajstić information content (AvgIpc) is 2.51. The van der Waals surface area contributed by atoms with Crippen LogP contribution >= 0.6 is 0 Å². The summed E-state index contributed by atoms with van der Waals surface area (Å²) in [5.41, 5.74) is 0. The summed E-state index contributed by atoms with van der Waals surface area (Å²) in [7, 11) is 0. The Morgan fingerprint density at radius 1 is 0.870 bits per heavy atom. The van der Waals surface area contributed by atoms with Crippen LogP contribution < -0.4 is 0 Å². The van der Waals surface area contributed by atoms with Crippen molar-refractivity contribution in [3.8, 4) is 0 Å². The van der Waals surface area contributed by atoms with Crippen molar-refractivity contribution in [2.45, 2.75) is 83.7 Å². The lowest BCUT2D eigenvalue weighted by Gasteiger charge is -2.07. The number of unbranched alkanes of at least 4 members (excludes halogenated alkanes) is 3. The number of hydrogen-bond acceptors (Lipinski definition) is 2. The van der Waals surface area contributed by atoms with Crippen LogP contribution in [-0.2, 0) is 4.79 Å². The van der Waals surface area contributed by atoms with E-state index in [1.165, 1.54) is 12.8 Å². The Bertz CT molecular complexity index is 356. The van der Waals surface area contributed by atoms with E-state index < -0.39 is 5.97 Å². The van der Waals surface area contributed by atoms with Crippen LogP contribution in [0.15, 0.2) is 36.5 Å². The van der Waals surface area contributed by atoms with Crippen LogP contribution in [0.3, 0.4) is 0 Å². The molecule has 2 N–H and O–H groups in total. The molecule has 0 aromatic heterocycles. The fourth-order valence-electron chi connectivity index (χ4n) is 2.21. The number of aliphatic carboxylic acids is 1. The molecule has 0 rings (SSSR count). The van der Waals surface area contributed by atoms with Gasteiger partial charge in [-0.25, -0.2) is 0 Å². The van der Waals surface area contributed by atoms with Gasteiger partial charge in [0, 0.05) is 6.42 Å². The number of aliphatic hydroxyl groups excluding tert-OH is 1. The van der Waals surface area contributed by atoms with Crippen LogP contribution in [0.2, 0.25) is 0 Å². The molecule has 0 radical (unpaired) electrons. The summed E-state index contributed by atoms with van der Waals surface area (Å²) < 4.78 is 0. The zero-order chi connectivity index (χ0) is 17.2. The van der Waals surface area contributed by atoms with Crippen molar-refractivity contribution >= 4 is 5.97 Å². The van der Waals surface area contributed by atoms with Crippen molar-refractivity contribution in [1.29, 1.82) is 0 Å². The number of rotatable bonds is 15. The third-order valence-corrected chi connectivity index (χ3v) is 3.61. The third kappa shape index (κ3) is 18.6. The number of allylic oxidation sites excluding steroid dienone is 6. The Hall–Kier alpha value is -1.35. The molecule has 0 aliphatic heterocycles. The van der Waals surface area contributed by atoms with Gasteiger partial charge in [-0.3, -0.25) is 4.79 Å². The maximum absolute atomic E-state index is 10.3. The highest BCUT2D eigenvalue weighted by Crippen LogP contribution is 2.08. The lowest BCUT2D eigenvalue weighted by Crippen LogP contribution is -2.05. The Kier molecular flexibility index (Phi) is 16.0. The predicted molar refractivity (Wildman–Crippen MR) is 97.5 cm³/mol. The molecule has 0 fully saturated rings. The molecule has 0 amide bonds. The molecule has 0 bridgehead atoms. The molecule has 0 aliphatic rings. The van der Waals surface area contributed by atoms with E-state index >= 15 is 0 Å². The van der Waals surface area contributed by atoms with Gasteiger partial charge >= 0.3 is 5.97 Å². The molecule has 0 spiro atoms. The van der Waals surface area contributed by atoms with Gasteiger partial charge in [0.15, 0.2) is 0 Å². The summed E-state index contributed by atoms with van der Waals surface area (Å²) in [6.07, 6.45) is 22.4. The van der Waals surface area contributed by atoms with Crippen molar-refractivity contribution in [3.05, 3.63) is 36.5 Å². The summed E-state index contributed by atoms with van der Waals surface area (Å²) in [4.78, 5) is 10.3. The largest absolute Gasteiger partial charge is 0.481 e. The molecule has 0 saturated carbocycles. The van der Waals surface area contributed by atoms with E-state index in [1.807, 2.05) is 6.08 Å². The zero-order valence-corrected chi connectivity index (χ0v) is 14.6. The molecule has 3 nitrogen and oxygen atoms in total. The molecule has 3 heteroatoms. The third-order valence-electron chi connectivity index (χ3n) is 3.61. The molecule has 132 valence electrons. The van der Waals surface area contributed by atoms with E-state index in [2.05, 4.69) is 37.3 Å². The topological polar surface area (TPSA) is 57.5 Å². The van der Waals surface area contributed by atoms with Crippen molar-refractivity contribution < 1.29 is 15.0 Å². The first-order valence-electron chi connectivity index (χ1n) is 9.01. The van der Waals surface area contributed by atoms with Gasteiger partial charge in [-0.2, -0.15) is 0 Å². The highest BCUT2D eigenvalue weighted by molar-refractivity contribution is 5.66. The molecule has 0 aliphatic carbocycles. The van der Waals surface area contributed by atoms with Crippen molar-refractivity contribution in [1.82, 2.24) is 0 Å². The standard InChI is InChI=1S/C20H34O3/c1-2-3-13-16-19(21)17-14-11-9-7-5-4-6-8-10-12-15-18-20(22)23/h4-5,8-11,19,21H,2-3,6-7,12-18H2,1H3,(H,22,23)/b5-4-,10-8-,11-9-/t19-/m0/s1. The maximum Gasteiger partial charge on any atom is 0.303 e. The molecule has 0 saturated heterocycles. The lowest BCUT2D eigenvalue weighted by molar-refractivity contribution is -0.137. The highest BCUT2D eigenvalue weighted by atomic mass is 16.4. The van der Waals surface area contributed by atoms with Gasteiger partial charge in [0.05, 0.1) is 6.10 Å². The number of carboxylic acid groups (broad SMARTS) is 1. The number of carboxylic acids is 1. The minimum atomic E-state index is -0.724. The van der Waals surface area contributed by atoms with E-state index in [0.29, 0.717) is 6.42 Å². The molecule has 0 aromatic carbocycles. The summed E-state index contributed by atoms with van der Waals surface area (Å²) >= 11 is 0. The average molecular weight is 322 g/mol. The predicted octanol–water partition coefficient (Wildman–Crippen LogP) is 5.41. The van der Waals surface area contributed by atoms with E-state index in [4.69, 9.17) is 5.11 Å². The fraction of sp³-hybridized carbons (Fsp3) is 0.650. The molecular formula is C20H34O3. The second-order valence-corrected chi connectivity index (χ2v) is 5.90. The van der Waals surface area contributed by atoms with Crippen LogP contribution in [0.1, 0.15) is 77.6 Å². The van der Waals surface area contributed by atoms with Gasteiger partial charge in [0.25, 0.3) is 0 Å². The first kappa shape index (κ1) is 21.6. The summed E-state index contributed by atoms with van der Waals surface area (Å²) in [5.74, 6) is -0.724. The van der Waals surface area contributed by atoms with Crippen LogP contribution in [0, 0.1) is 0 Å². The van der Waals surface area contributed by atoms with E-state index in [1.54, 1.807) is 0 Å². The van der Waals surface area contributed by atoms with Crippen LogP contribution in [-0.4, -0.2) is 22.3 Å². The van der Waals surface area contributed by atoms with E-state index in [9.17, 15) is 9.90 Å². The normalized spacial score (nSPS) is 13.5. The molecular weight excluding hydrogens is 288 g/mol. The Balaban J connectivity index is 3.44. The first-order chi connectivity index (χ1) is 11.2. The molecule has 0 heterocycles. The van der Waals surface area contributed by atoms with Gasteiger partial charge in [0.2, 0.25) is 0 Å². The summed E-state index contributed by atoms with van der Waals surface area (Å²) in [5, 5.41) is 18.3. The molecule has 1 atom stereocenters. The van der Waals surface area contributed by atoms with Crippen molar-refractivity contribution in [2.75, 3.05) is 0 Å².